The largest absolute Gasteiger partial charge is 0.501 e. The second kappa shape index (κ2) is 2.85. The summed E-state index contributed by atoms with van der Waals surface area (Å²) in [6.45, 7) is 0.792. The smallest absolute Gasteiger partial charge is 0.127 e. The molecule has 1 rings (SSSR count). The van der Waals surface area contributed by atoms with Gasteiger partial charge in [-0.1, -0.05) is 0 Å². The van der Waals surface area contributed by atoms with Crippen molar-refractivity contribution in [3.05, 3.63) is 11.8 Å². The summed E-state index contributed by atoms with van der Waals surface area (Å²) in [5.41, 5.74) is 0. The molecule has 3 heteroatoms. The van der Waals surface area contributed by atoms with Gasteiger partial charge >= 0.3 is 0 Å². The Kier molecular flexibility index (Phi) is 2.08. The molecule has 1 heterocycles. The van der Waals surface area contributed by atoms with Crippen LogP contribution in [0.25, 0.3) is 0 Å². The van der Waals surface area contributed by atoms with Crippen LogP contribution in [0.2, 0.25) is 0 Å². The summed E-state index contributed by atoms with van der Waals surface area (Å²) in [4.78, 5) is 0. The van der Waals surface area contributed by atoms with Gasteiger partial charge in [-0.15, -0.1) is 0 Å². The lowest BCUT2D eigenvalue weighted by Gasteiger charge is -2.16. The van der Waals surface area contributed by atoms with Gasteiger partial charge < -0.3 is 9.84 Å². The van der Waals surface area contributed by atoms with Crippen LogP contribution >= 0.6 is 0 Å². The van der Waals surface area contributed by atoms with Crippen molar-refractivity contribution in [2.24, 2.45) is 0 Å². The quantitative estimate of drug-likeness (QED) is 0.516. The molecule has 3 nitrogen and oxygen atoms in total. The molecule has 1 aliphatic heterocycles. The number of ether oxygens (including phenoxy) is 1. The standard InChI is InChI=1S/C6H11NO2/c1-9-5-2-3-7-6(8)4-5/h4,6-8H,2-3H2,1H3. The number of methoxy groups -OCH3 is 1. The molecule has 0 fully saturated rings. The highest BCUT2D eigenvalue weighted by Gasteiger charge is 2.08. The maximum absolute atomic E-state index is 8.94. The Morgan fingerprint density at radius 3 is 3.11 bits per heavy atom. The lowest BCUT2D eigenvalue weighted by Crippen LogP contribution is -2.32. The fourth-order valence-electron chi connectivity index (χ4n) is 0.832. The van der Waals surface area contributed by atoms with Crippen molar-refractivity contribution in [2.75, 3.05) is 13.7 Å². The summed E-state index contributed by atoms with van der Waals surface area (Å²) in [5, 5.41) is 11.8. The summed E-state index contributed by atoms with van der Waals surface area (Å²) < 4.78 is 4.92. The highest BCUT2D eigenvalue weighted by atomic mass is 16.5. The molecule has 0 saturated carbocycles. The maximum atomic E-state index is 8.94. The molecule has 0 aliphatic carbocycles. The van der Waals surface area contributed by atoms with E-state index in [9.17, 15) is 0 Å². The van der Waals surface area contributed by atoms with Gasteiger partial charge in [0, 0.05) is 13.0 Å². The van der Waals surface area contributed by atoms with Crippen LogP contribution in [0.3, 0.4) is 0 Å². The summed E-state index contributed by atoms with van der Waals surface area (Å²) in [6.07, 6.45) is 2.02. The molecule has 0 saturated heterocycles. The molecule has 0 bridgehead atoms. The highest BCUT2D eigenvalue weighted by molar-refractivity contribution is 5.00. The van der Waals surface area contributed by atoms with Gasteiger partial charge in [-0.05, 0) is 6.08 Å². The minimum absolute atomic E-state index is 0.520. The Balaban J connectivity index is 2.49. The van der Waals surface area contributed by atoms with Crippen LogP contribution < -0.4 is 5.32 Å². The Hall–Kier alpha value is -0.540. The van der Waals surface area contributed by atoms with Crippen molar-refractivity contribution >= 4 is 0 Å². The second-order valence-electron chi connectivity index (χ2n) is 1.99. The van der Waals surface area contributed by atoms with Crippen LogP contribution in [-0.4, -0.2) is 25.0 Å². The number of aliphatic hydroxyl groups excluding tert-OH is 1. The van der Waals surface area contributed by atoms with E-state index in [2.05, 4.69) is 5.32 Å². The number of hydrogen-bond donors (Lipinski definition) is 2. The van der Waals surface area contributed by atoms with Gasteiger partial charge in [0.2, 0.25) is 0 Å². The van der Waals surface area contributed by atoms with Gasteiger partial charge in [-0.3, -0.25) is 5.32 Å². The fraction of sp³-hybridized carbons (Fsp3) is 0.667. The first-order valence-electron chi connectivity index (χ1n) is 2.99. The summed E-state index contributed by atoms with van der Waals surface area (Å²) in [7, 11) is 1.61. The Bertz CT molecular complexity index is 122. The van der Waals surface area contributed by atoms with E-state index in [4.69, 9.17) is 9.84 Å². The van der Waals surface area contributed by atoms with Gasteiger partial charge in [-0.2, -0.15) is 0 Å². The van der Waals surface area contributed by atoms with Crippen molar-refractivity contribution < 1.29 is 9.84 Å². The van der Waals surface area contributed by atoms with Gasteiger partial charge in [0.05, 0.1) is 12.9 Å². The molecule has 9 heavy (non-hydrogen) atoms. The molecular weight excluding hydrogens is 118 g/mol. The van der Waals surface area contributed by atoms with Crippen LogP contribution in [0.1, 0.15) is 6.42 Å². The van der Waals surface area contributed by atoms with Crippen molar-refractivity contribution in [1.29, 1.82) is 0 Å². The fourth-order valence-corrected chi connectivity index (χ4v) is 0.832. The number of hydrogen-bond acceptors (Lipinski definition) is 3. The Morgan fingerprint density at radius 1 is 1.89 bits per heavy atom. The average molecular weight is 129 g/mol. The molecule has 0 aromatic heterocycles. The molecule has 0 radical (unpaired) electrons. The molecule has 0 amide bonds. The van der Waals surface area contributed by atoms with E-state index >= 15 is 0 Å². The third-order valence-electron chi connectivity index (χ3n) is 1.33. The topological polar surface area (TPSA) is 41.5 Å². The van der Waals surface area contributed by atoms with Crippen molar-refractivity contribution in [2.45, 2.75) is 12.6 Å². The molecule has 52 valence electrons. The number of nitrogens with one attached hydrogen (secondary N) is 1. The zero-order valence-electron chi connectivity index (χ0n) is 5.42. The van der Waals surface area contributed by atoms with Crippen LogP contribution in [-0.2, 0) is 4.74 Å². The van der Waals surface area contributed by atoms with E-state index in [1.54, 1.807) is 13.2 Å². The average Bonchev–Trinajstić information content (AvgIpc) is 1.88. The lowest BCUT2D eigenvalue weighted by atomic mass is 10.2. The monoisotopic (exact) mass is 129 g/mol. The number of aliphatic hydroxyl groups is 1. The first kappa shape index (κ1) is 6.58. The van der Waals surface area contributed by atoms with E-state index in [0.29, 0.717) is 0 Å². The van der Waals surface area contributed by atoms with Crippen LogP contribution in [0.5, 0.6) is 0 Å². The zero-order chi connectivity index (χ0) is 6.69. The molecule has 1 aliphatic rings. The van der Waals surface area contributed by atoms with Crippen molar-refractivity contribution in [1.82, 2.24) is 5.32 Å². The zero-order valence-corrected chi connectivity index (χ0v) is 5.42. The SMILES string of the molecule is COC1=CC(O)NCC1. The van der Waals surface area contributed by atoms with Gasteiger partial charge in [0.25, 0.3) is 0 Å². The van der Waals surface area contributed by atoms with Gasteiger partial charge in [-0.25, -0.2) is 0 Å². The minimum atomic E-state index is -0.520. The molecule has 2 N–H and O–H groups in total. The van der Waals surface area contributed by atoms with Crippen LogP contribution in [0, 0.1) is 0 Å². The summed E-state index contributed by atoms with van der Waals surface area (Å²) in [6, 6.07) is 0. The van der Waals surface area contributed by atoms with E-state index < -0.39 is 6.23 Å². The minimum Gasteiger partial charge on any atom is -0.501 e. The molecule has 1 atom stereocenters. The van der Waals surface area contributed by atoms with Crippen LogP contribution in [0.15, 0.2) is 11.8 Å². The molecule has 0 aromatic rings. The van der Waals surface area contributed by atoms with Crippen molar-refractivity contribution in [3.63, 3.8) is 0 Å². The number of rotatable bonds is 1. The maximum Gasteiger partial charge on any atom is 0.127 e. The second-order valence-corrected chi connectivity index (χ2v) is 1.99. The molecule has 0 spiro atoms. The van der Waals surface area contributed by atoms with Gasteiger partial charge in [0.1, 0.15) is 6.23 Å². The Morgan fingerprint density at radius 2 is 2.67 bits per heavy atom. The van der Waals surface area contributed by atoms with Crippen LogP contribution in [0.4, 0.5) is 0 Å². The first-order valence-corrected chi connectivity index (χ1v) is 2.99. The third kappa shape index (κ3) is 1.69. The molecule has 0 aromatic carbocycles. The predicted molar refractivity (Wildman–Crippen MR) is 33.7 cm³/mol. The van der Waals surface area contributed by atoms with Crippen molar-refractivity contribution in [3.8, 4) is 0 Å². The lowest BCUT2D eigenvalue weighted by molar-refractivity contribution is 0.157. The third-order valence-corrected chi connectivity index (χ3v) is 1.33. The molecular formula is C6H11NO2. The van der Waals surface area contributed by atoms with E-state index in [1.165, 1.54) is 0 Å². The summed E-state index contributed by atoms with van der Waals surface area (Å²) >= 11 is 0. The normalized spacial score (nSPS) is 27.3. The first-order chi connectivity index (χ1) is 4.33. The van der Waals surface area contributed by atoms with E-state index in [0.717, 1.165) is 18.7 Å². The van der Waals surface area contributed by atoms with E-state index in [-0.39, 0.29) is 0 Å². The van der Waals surface area contributed by atoms with Gasteiger partial charge in [0.15, 0.2) is 0 Å². The van der Waals surface area contributed by atoms with E-state index in [1.807, 2.05) is 0 Å². The predicted octanol–water partition coefficient (Wildman–Crippen LogP) is -0.172. The summed E-state index contributed by atoms with van der Waals surface area (Å²) in [5.74, 6) is 0.862. The Labute approximate surface area is 54.3 Å². The molecule has 1 unspecified atom stereocenters. The highest BCUT2D eigenvalue weighted by Crippen LogP contribution is 2.06.